The van der Waals surface area contributed by atoms with E-state index in [-0.39, 0.29) is 0 Å². The van der Waals surface area contributed by atoms with Gasteiger partial charge in [0.1, 0.15) is 0 Å². The molecule has 0 saturated carbocycles. The first-order valence-electron chi connectivity index (χ1n) is 15.3. The van der Waals surface area contributed by atoms with Crippen molar-refractivity contribution in [2.75, 3.05) is 0 Å². The average molecular weight is 557 g/mol. The molecule has 0 heteroatoms. The first-order chi connectivity index (χ1) is 21.8. The molecule has 0 N–H and O–H groups in total. The zero-order valence-electron chi connectivity index (χ0n) is 24.2. The molecular formula is C44H28. The van der Waals surface area contributed by atoms with Gasteiger partial charge in [0.2, 0.25) is 0 Å². The summed E-state index contributed by atoms with van der Waals surface area (Å²) >= 11 is 0. The number of hydrogen-bond acceptors (Lipinski definition) is 0. The van der Waals surface area contributed by atoms with E-state index in [1.165, 1.54) is 87.2 Å². The van der Waals surface area contributed by atoms with Crippen LogP contribution in [0.3, 0.4) is 0 Å². The molecule has 0 aliphatic rings. The van der Waals surface area contributed by atoms with Crippen LogP contribution in [0.2, 0.25) is 0 Å². The molecule has 204 valence electrons. The molecule has 0 heterocycles. The van der Waals surface area contributed by atoms with Gasteiger partial charge in [0.15, 0.2) is 0 Å². The summed E-state index contributed by atoms with van der Waals surface area (Å²) in [7, 11) is 0. The predicted octanol–water partition coefficient (Wildman–Crippen LogP) is 12.5. The van der Waals surface area contributed by atoms with E-state index < -0.39 is 0 Å². The fourth-order valence-electron chi connectivity index (χ4n) is 7.10. The van der Waals surface area contributed by atoms with Crippen molar-refractivity contribution in [3.8, 4) is 33.4 Å². The number of hydrogen-bond donors (Lipinski definition) is 0. The SMILES string of the molecule is c1ccc(-c2cc3c(cc(-c4cccc(-c5ccc6ccccc6c5)c4)c4ccc5ccccc5c43)c3ccccc23)cc1. The highest BCUT2D eigenvalue weighted by Gasteiger charge is 2.16. The Morgan fingerprint density at radius 1 is 0.227 bits per heavy atom. The van der Waals surface area contributed by atoms with E-state index >= 15 is 0 Å². The van der Waals surface area contributed by atoms with E-state index in [1.54, 1.807) is 0 Å². The predicted molar refractivity (Wildman–Crippen MR) is 190 cm³/mol. The van der Waals surface area contributed by atoms with Gasteiger partial charge in [-0.1, -0.05) is 146 Å². The first kappa shape index (κ1) is 24.8. The van der Waals surface area contributed by atoms with Crippen LogP contribution in [0.25, 0.3) is 87.2 Å². The molecule has 9 rings (SSSR count). The Morgan fingerprint density at radius 3 is 1.68 bits per heavy atom. The van der Waals surface area contributed by atoms with Crippen molar-refractivity contribution in [1.29, 1.82) is 0 Å². The van der Waals surface area contributed by atoms with Crippen LogP contribution in [0.5, 0.6) is 0 Å². The lowest BCUT2D eigenvalue weighted by Gasteiger charge is -2.18. The maximum absolute atomic E-state index is 2.43. The summed E-state index contributed by atoms with van der Waals surface area (Å²) < 4.78 is 0. The molecule has 44 heavy (non-hydrogen) atoms. The van der Waals surface area contributed by atoms with Crippen LogP contribution in [0, 0.1) is 0 Å². The van der Waals surface area contributed by atoms with Crippen LogP contribution in [0.15, 0.2) is 170 Å². The molecule has 0 saturated heterocycles. The lowest BCUT2D eigenvalue weighted by atomic mass is 9.85. The second-order valence-corrected chi connectivity index (χ2v) is 11.7. The van der Waals surface area contributed by atoms with Gasteiger partial charge in [0, 0.05) is 0 Å². The van der Waals surface area contributed by atoms with Gasteiger partial charge in [-0.2, -0.15) is 0 Å². The van der Waals surface area contributed by atoms with E-state index in [2.05, 4.69) is 170 Å². The third-order valence-electron chi connectivity index (χ3n) is 9.20. The fraction of sp³-hybridized carbons (Fsp3) is 0. The Balaban J connectivity index is 1.38. The van der Waals surface area contributed by atoms with Crippen LogP contribution in [0.4, 0.5) is 0 Å². The Morgan fingerprint density at radius 2 is 0.818 bits per heavy atom. The Labute approximate surface area is 256 Å². The standard InChI is InChI=1S/C44H28/c1-2-12-30(13-3-1)40-28-43-42(38-20-9-8-19-37(38)40)27-41(39-24-23-31-14-6-7-18-36(31)44(39)43)35-17-10-16-33(26-35)34-22-21-29-11-4-5-15-32(29)25-34/h1-28H. The molecule has 0 aromatic heterocycles. The molecular weight excluding hydrogens is 528 g/mol. The number of fused-ring (bicyclic) bond motifs is 8. The van der Waals surface area contributed by atoms with Crippen molar-refractivity contribution < 1.29 is 0 Å². The number of benzene rings is 9. The topological polar surface area (TPSA) is 0 Å². The zero-order valence-corrected chi connectivity index (χ0v) is 24.2. The van der Waals surface area contributed by atoms with E-state index in [1.807, 2.05) is 0 Å². The van der Waals surface area contributed by atoms with E-state index in [9.17, 15) is 0 Å². The van der Waals surface area contributed by atoms with Crippen LogP contribution >= 0.6 is 0 Å². The fourth-order valence-corrected chi connectivity index (χ4v) is 7.10. The molecule has 9 aromatic rings. The summed E-state index contributed by atoms with van der Waals surface area (Å²) in [6.45, 7) is 0. The van der Waals surface area contributed by atoms with Crippen molar-refractivity contribution in [3.05, 3.63) is 170 Å². The highest BCUT2D eigenvalue weighted by molar-refractivity contribution is 6.29. The summed E-state index contributed by atoms with van der Waals surface area (Å²) in [4.78, 5) is 0. The highest BCUT2D eigenvalue weighted by atomic mass is 14.2. The van der Waals surface area contributed by atoms with Gasteiger partial charge >= 0.3 is 0 Å². The van der Waals surface area contributed by atoms with Gasteiger partial charge in [-0.05, 0) is 112 Å². The average Bonchev–Trinajstić information content (AvgIpc) is 3.11. The zero-order chi connectivity index (χ0) is 29.0. The lowest BCUT2D eigenvalue weighted by molar-refractivity contribution is 1.63. The van der Waals surface area contributed by atoms with Crippen molar-refractivity contribution in [3.63, 3.8) is 0 Å². The summed E-state index contributed by atoms with van der Waals surface area (Å²) in [5.41, 5.74) is 7.47. The second-order valence-electron chi connectivity index (χ2n) is 11.7. The first-order valence-corrected chi connectivity index (χ1v) is 15.3. The summed E-state index contributed by atoms with van der Waals surface area (Å²) in [6, 6.07) is 62.4. The van der Waals surface area contributed by atoms with Gasteiger partial charge < -0.3 is 0 Å². The molecule has 0 radical (unpaired) electrons. The van der Waals surface area contributed by atoms with Gasteiger partial charge in [-0.3, -0.25) is 0 Å². The monoisotopic (exact) mass is 556 g/mol. The molecule has 0 amide bonds. The van der Waals surface area contributed by atoms with E-state index in [4.69, 9.17) is 0 Å². The van der Waals surface area contributed by atoms with Crippen molar-refractivity contribution >= 4 is 53.9 Å². The van der Waals surface area contributed by atoms with Crippen molar-refractivity contribution in [1.82, 2.24) is 0 Å². The third-order valence-corrected chi connectivity index (χ3v) is 9.20. The molecule has 0 spiro atoms. The molecule has 0 unspecified atom stereocenters. The van der Waals surface area contributed by atoms with Gasteiger partial charge in [-0.25, -0.2) is 0 Å². The van der Waals surface area contributed by atoms with Crippen LogP contribution in [-0.4, -0.2) is 0 Å². The normalized spacial score (nSPS) is 11.6. The Hall–Kier alpha value is -5.72. The quantitative estimate of drug-likeness (QED) is 0.190. The minimum atomic E-state index is 1.23. The smallest absolute Gasteiger partial charge is 0.00201 e. The van der Waals surface area contributed by atoms with Crippen LogP contribution in [0.1, 0.15) is 0 Å². The molecule has 0 bridgehead atoms. The van der Waals surface area contributed by atoms with Crippen LogP contribution < -0.4 is 0 Å². The molecule has 0 nitrogen and oxygen atoms in total. The molecule has 0 aliphatic carbocycles. The van der Waals surface area contributed by atoms with Crippen molar-refractivity contribution in [2.24, 2.45) is 0 Å². The maximum atomic E-state index is 2.43. The highest BCUT2D eigenvalue weighted by Crippen LogP contribution is 2.44. The molecule has 9 aromatic carbocycles. The third kappa shape index (κ3) is 3.92. The molecule has 0 atom stereocenters. The minimum Gasteiger partial charge on any atom is -0.0622 e. The Kier molecular flexibility index (Phi) is 5.61. The maximum Gasteiger partial charge on any atom is -0.00201 e. The van der Waals surface area contributed by atoms with E-state index in [0.717, 1.165) is 0 Å². The summed E-state index contributed by atoms with van der Waals surface area (Å²) in [6.07, 6.45) is 0. The minimum absolute atomic E-state index is 1.23. The van der Waals surface area contributed by atoms with Gasteiger partial charge in [-0.15, -0.1) is 0 Å². The second kappa shape index (κ2) is 9.93. The molecule has 0 fully saturated rings. The van der Waals surface area contributed by atoms with Crippen molar-refractivity contribution in [2.45, 2.75) is 0 Å². The summed E-state index contributed by atoms with van der Waals surface area (Å²) in [5.74, 6) is 0. The van der Waals surface area contributed by atoms with Gasteiger partial charge in [0.05, 0.1) is 0 Å². The van der Waals surface area contributed by atoms with Crippen LogP contribution in [-0.2, 0) is 0 Å². The molecule has 0 aliphatic heterocycles. The number of rotatable bonds is 3. The largest absolute Gasteiger partial charge is 0.0622 e. The Bertz CT molecular complexity index is 2540. The lowest BCUT2D eigenvalue weighted by Crippen LogP contribution is -1.90. The van der Waals surface area contributed by atoms with Gasteiger partial charge in [0.25, 0.3) is 0 Å². The summed E-state index contributed by atoms with van der Waals surface area (Å²) in [5, 5.41) is 12.8. The van der Waals surface area contributed by atoms with E-state index in [0.29, 0.717) is 0 Å².